The molecule has 0 radical (unpaired) electrons. The number of piperidine rings is 2. The molecule has 0 amide bonds. The molecule has 0 bridgehead atoms. The lowest BCUT2D eigenvalue weighted by atomic mass is 9.81. The number of nitrogens with zero attached hydrogens (tertiary/aromatic N) is 4. The number of carbonyl (C=O) groups excluding carboxylic acids is 1. The number of aromatic nitrogens is 2. The zero-order valence-electron chi connectivity index (χ0n) is 22.7. The molecule has 2 fully saturated rings. The Morgan fingerprint density at radius 1 is 0.947 bits per heavy atom. The van der Waals surface area contributed by atoms with Crippen molar-refractivity contribution in [3.8, 4) is 0 Å². The van der Waals surface area contributed by atoms with Crippen LogP contribution in [0.25, 0.3) is 0 Å². The van der Waals surface area contributed by atoms with Crippen molar-refractivity contribution in [1.29, 1.82) is 0 Å². The molecule has 4 heterocycles. The van der Waals surface area contributed by atoms with Gasteiger partial charge in [-0.05, 0) is 87.4 Å². The van der Waals surface area contributed by atoms with Crippen molar-refractivity contribution in [1.82, 2.24) is 9.97 Å². The highest BCUT2D eigenvalue weighted by Gasteiger charge is 2.34. The van der Waals surface area contributed by atoms with Gasteiger partial charge in [-0.1, -0.05) is 18.2 Å². The monoisotopic (exact) mass is 513 g/mol. The zero-order valence-corrected chi connectivity index (χ0v) is 22.7. The molecule has 0 spiro atoms. The van der Waals surface area contributed by atoms with E-state index in [1.807, 2.05) is 36.5 Å². The largest absolute Gasteiger partial charge is 0.394 e. The van der Waals surface area contributed by atoms with Gasteiger partial charge in [0.15, 0.2) is 5.78 Å². The average Bonchev–Trinajstić information content (AvgIpc) is 2.96. The van der Waals surface area contributed by atoms with Gasteiger partial charge in [0, 0.05) is 55.2 Å². The third kappa shape index (κ3) is 5.39. The van der Waals surface area contributed by atoms with Gasteiger partial charge < -0.3 is 20.2 Å². The van der Waals surface area contributed by atoms with Crippen LogP contribution in [0.5, 0.6) is 0 Å². The van der Waals surface area contributed by atoms with Crippen molar-refractivity contribution in [2.75, 3.05) is 41.4 Å². The van der Waals surface area contributed by atoms with Crippen LogP contribution in [-0.2, 0) is 0 Å². The van der Waals surface area contributed by atoms with Crippen LogP contribution in [-0.4, -0.2) is 59.2 Å². The third-order valence-electron chi connectivity index (χ3n) is 8.28. The predicted molar refractivity (Wildman–Crippen MR) is 153 cm³/mol. The summed E-state index contributed by atoms with van der Waals surface area (Å²) in [5.41, 5.74) is 5.21. The van der Waals surface area contributed by atoms with Crippen LogP contribution in [0.3, 0.4) is 0 Å². The van der Waals surface area contributed by atoms with E-state index < -0.39 is 0 Å². The van der Waals surface area contributed by atoms with Crippen LogP contribution in [0.15, 0.2) is 54.9 Å². The molecule has 1 unspecified atom stereocenters. The van der Waals surface area contributed by atoms with Crippen LogP contribution >= 0.6 is 0 Å². The Labute approximate surface area is 225 Å². The topological polar surface area (TPSA) is 81.6 Å². The van der Waals surface area contributed by atoms with E-state index in [1.54, 1.807) is 6.20 Å². The van der Waals surface area contributed by atoms with Crippen LogP contribution in [0.1, 0.15) is 52.7 Å². The van der Waals surface area contributed by atoms with Gasteiger partial charge in [0.25, 0.3) is 0 Å². The first-order chi connectivity index (χ1) is 18.5. The summed E-state index contributed by atoms with van der Waals surface area (Å²) in [4.78, 5) is 27.4. The standard InChI is InChI=1S/C31H39N5O2/c1-21-18-22(2)30(34-25-11-15-35(16-12-25)27-8-4-6-13-32-27)23(3)29(21)31(38)24-10-17-36(26(19-24)20-37)28-9-5-7-14-33-28/h4-9,13-14,18,24-26,34,37H,10-12,15-17,19-20H2,1-3H3/t24?,26-/m0/s1. The first-order valence-corrected chi connectivity index (χ1v) is 13.8. The van der Waals surface area contributed by atoms with E-state index in [1.165, 1.54) is 5.56 Å². The van der Waals surface area contributed by atoms with Gasteiger partial charge in [0.05, 0.1) is 12.6 Å². The maximum absolute atomic E-state index is 13.9. The number of aryl methyl sites for hydroxylation is 2. The highest BCUT2D eigenvalue weighted by atomic mass is 16.3. The third-order valence-corrected chi connectivity index (χ3v) is 8.28. The Bertz CT molecular complexity index is 1240. The summed E-state index contributed by atoms with van der Waals surface area (Å²) in [7, 11) is 0. The summed E-state index contributed by atoms with van der Waals surface area (Å²) in [6, 6.07) is 14.3. The molecule has 3 aromatic rings. The summed E-state index contributed by atoms with van der Waals surface area (Å²) >= 11 is 0. The normalized spacial score (nSPS) is 20.4. The summed E-state index contributed by atoms with van der Waals surface area (Å²) in [5, 5.41) is 14.0. The fraction of sp³-hybridized carbons (Fsp3) is 0.452. The second-order valence-corrected chi connectivity index (χ2v) is 10.8. The Balaban J connectivity index is 1.30. The molecule has 5 rings (SSSR count). The van der Waals surface area contributed by atoms with Gasteiger partial charge in [0.2, 0.25) is 0 Å². The molecular formula is C31H39N5O2. The number of hydrogen-bond acceptors (Lipinski definition) is 7. The van der Waals surface area contributed by atoms with Crippen LogP contribution in [0.4, 0.5) is 17.3 Å². The maximum Gasteiger partial charge on any atom is 0.166 e. The number of ketones is 1. The van der Waals surface area contributed by atoms with Gasteiger partial charge in [-0.15, -0.1) is 0 Å². The maximum atomic E-state index is 13.9. The number of carbonyl (C=O) groups is 1. The van der Waals surface area contributed by atoms with Crippen molar-refractivity contribution >= 4 is 23.1 Å². The number of Topliss-reactive ketones (excluding diaryl/α,β-unsaturated/α-hetero) is 1. The molecule has 200 valence electrons. The fourth-order valence-electron chi connectivity index (χ4n) is 6.28. The van der Waals surface area contributed by atoms with Crippen LogP contribution < -0.4 is 15.1 Å². The van der Waals surface area contributed by atoms with Gasteiger partial charge in [0.1, 0.15) is 11.6 Å². The Hall–Kier alpha value is -3.45. The molecular weight excluding hydrogens is 474 g/mol. The number of nitrogens with one attached hydrogen (secondary N) is 1. The van der Waals surface area contributed by atoms with E-state index >= 15 is 0 Å². The van der Waals surface area contributed by atoms with Gasteiger partial charge in [-0.2, -0.15) is 0 Å². The Kier molecular flexibility index (Phi) is 7.93. The molecule has 7 heteroatoms. The lowest BCUT2D eigenvalue weighted by molar-refractivity contribution is 0.0873. The minimum Gasteiger partial charge on any atom is -0.394 e. The van der Waals surface area contributed by atoms with E-state index in [0.717, 1.165) is 66.4 Å². The lowest BCUT2D eigenvalue weighted by Crippen LogP contribution is -2.47. The average molecular weight is 514 g/mol. The van der Waals surface area contributed by atoms with Gasteiger partial charge in [-0.25, -0.2) is 9.97 Å². The molecule has 2 saturated heterocycles. The van der Waals surface area contributed by atoms with Crippen molar-refractivity contribution in [3.05, 3.63) is 77.1 Å². The van der Waals surface area contributed by atoms with Crippen LogP contribution in [0, 0.1) is 26.7 Å². The molecule has 2 aliphatic rings. The van der Waals surface area contributed by atoms with E-state index in [4.69, 9.17) is 0 Å². The van der Waals surface area contributed by atoms with Crippen molar-refractivity contribution in [2.45, 2.75) is 58.5 Å². The molecule has 2 aliphatic heterocycles. The number of pyridine rings is 2. The summed E-state index contributed by atoms with van der Waals surface area (Å²) < 4.78 is 0. The second-order valence-electron chi connectivity index (χ2n) is 10.8. The molecule has 2 aromatic heterocycles. The van der Waals surface area contributed by atoms with Crippen molar-refractivity contribution in [2.24, 2.45) is 5.92 Å². The van der Waals surface area contributed by atoms with E-state index in [2.05, 4.69) is 58.0 Å². The fourth-order valence-corrected chi connectivity index (χ4v) is 6.28. The number of aliphatic hydroxyl groups excluding tert-OH is 1. The molecule has 2 N–H and O–H groups in total. The Morgan fingerprint density at radius 2 is 1.63 bits per heavy atom. The first-order valence-electron chi connectivity index (χ1n) is 13.8. The smallest absolute Gasteiger partial charge is 0.166 e. The molecule has 2 atom stereocenters. The highest BCUT2D eigenvalue weighted by Crippen LogP contribution is 2.35. The van der Waals surface area contributed by atoms with Crippen molar-refractivity contribution in [3.63, 3.8) is 0 Å². The molecule has 7 nitrogen and oxygen atoms in total. The zero-order chi connectivity index (χ0) is 26.6. The molecule has 0 saturated carbocycles. The van der Waals surface area contributed by atoms with Gasteiger partial charge >= 0.3 is 0 Å². The minimum atomic E-state index is -0.111. The van der Waals surface area contributed by atoms with E-state index in [9.17, 15) is 9.90 Å². The van der Waals surface area contributed by atoms with Gasteiger partial charge in [-0.3, -0.25) is 4.79 Å². The number of rotatable bonds is 7. The summed E-state index contributed by atoms with van der Waals surface area (Å²) in [6.45, 7) is 8.91. The number of anilines is 3. The van der Waals surface area contributed by atoms with Crippen molar-refractivity contribution < 1.29 is 9.90 Å². The first kappa shape index (κ1) is 26.2. The predicted octanol–water partition coefficient (Wildman–Crippen LogP) is 4.94. The SMILES string of the molecule is Cc1cc(C)c(C(=O)C2CCN(c3ccccn3)[C@H](CO)C2)c(C)c1NC1CCN(c2ccccn2)CC1. The van der Waals surface area contributed by atoms with Crippen LogP contribution in [0.2, 0.25) is 0 Å². The summed E-state index contributed by atoms with van der Waals surface area (Å²) in [5.74, 6) is 1.99. The minimum absolute atomic E-state index is 0.0101. The van der Waals surface area contributed by atoms with E-state index in [0.29, 0.717) is 19.0 Å². The quantitative estimate of drug-likeness (QED) is 0.433. The number of benzene rings is 1. The highest BCUT2D eigenvalue weighted by molar-refractivity contribution is 6.02. The summed E-state index contributed by atoms with van der Waals surface area (Å²) in [6.07, 6.45) is 7.06. The Morgan fingerprint density at radius 3 is 2.26 bits per heavy atom. The number of hydrogen-bond donors (Lipinski definition) is 2. The second kappa shape index (κ2) is 11.5. The lowest BCUT2D eigenvalue weighted by Gasteiger charge is -2.39. The molecule has 1 aromatic carbocycles. The van der Waals surface area contributed by atoms with E-state index in [-0.39, 0.29) is 24.3 Å². The molecule has 38 heavy (non-hydrogen) atoms. The molecule has 0 aliphatic carbocycles. The number of aliphatic hydroxyl groups is 1.